The topological polar surface area (TPSA) is 66.5 Å². The molecule has 1 aromatic rings. The molecule has 0 aliphatic carbocycles. The predicted octanol–water partition coefficient (Wildman–Crippen LogP) is 1.58. The number of carbonyl (C=O) groups is 1. The minimum absolute atomic E-state index is 0.0716. The number of sulfonamides is 1. The van der Waals surface area contributed by atoms with E-state index in [1.165, 1.54) is 16.4 Å². The number of rotatable bonds is 5. The van der Waals surface area contributed by atoms with Crippen molar-refractivity contribution in [2.24, 2.45) is 5.92 Å². The number of hydrogen-bond donors (Lipinski definition) is 1. The van der Waals surface area contributed by atoms with Crippen LogP contribution in [0.4, 0.5) is 4.39 Å². The van der Waals surface area contributed by atoms with E-state index in [0.717, 1.165) is 12.1 Å². The van der Waals surface area contributed by atoms with Crippen LogP contribution in [0.5, 0.6) is 0 Å². The summed E-state index contributed by atoms with van der Waals surface area (Å²) in [6.07, 6.45) is 1.34. The van der Waals surface area contributed by atoms with E-state index in [1.54, 1.807) is 0 Å². The van der Waals surface area contributed by atoms with Gasteiger partial charge in [-0.25, -0.2) is 12.8 Å². The van der Waals surface area contributed by atoms with Crippen LogP contribution in [0.3, 0.4) is 0 Å². The standard InChI is InChI=1S/C14H18ClFN2O3S/c15-9-14(19)17-10-11-5-7-18(8-6-11)22(20,21)13-3-1-12(16)2-4-13/h1-4,11H,5-10H2,(H,17,19). The van der Waals surface area contributed by atoms with Crippen molar-refractivity contribution in [3.63, 3.8) is 0 Å². The summed E-state index contributed by atoms with van der Waals surface area (Å²) in [6.45, 7) is 1.29. The summed E-state index contributed by atoms with van der Waals surface area (Å²) in [5.74, 6) is -0.514. The summed E-state index contributed by atoms with van der Waals surface area (Å²) >= 11 is 5.41. The van der Waals surface area contributed by atoms with Gasteiger partial charge in [0.25, 0.3) is 0 Å². The van der Waals surface area contributed by atoms with E-state index in [2.05, 4.69) is 5.32 Å². The number of amides is 1. The Morgan fingerprint density at radius 2 is 1.86 bits per heavy atom. The highest BCUT2D eigenvalue weighted by molar-refractivity contribution is 7.89. The predicted molar refractivity (Wildman–Crippen MR) is 81.6 cm³/mol. The van der Waals surface area contributed by atoms with Crippen molar-refractivity contribution < 1.29 is 17.6 Å². The Kier molecular flexibility index (Phi) is 5.77. The highest BCUT2D eigenvalue weighted by Crippen LogP contribution is 2.23. The van der Waals surface area contributed by atoms with Crippen LogP contribution in [-0.2, 0) is 14.8 Å². The van der Waals surface area contributed by atoms with Crippen LogP contribution in [0.25, 0.3) is 0 Å². The molecule has 122 valence electrons. The van der Waals surface area contributed by atoms with Gasteiger partial charge < -0.3 is 5.32 Å². The van der Waals surface area contributed by atoms with Gasteiger partial charge in [-0.3, -0.25) is 4.79 Å². The molecule has 1 saturated heterocycles. The Bertz CT molecular complexity index is 613. The van der Waals surface area contributed by atoms with Crippen LogP contribution in [0, 0.1) is 11.7 Å². The minimum Gasteiger partial charge on any atom is -0.355 e. The van der Waals surface area contributed by atoms with Gasteiger partial charge >= 0.3 is 0 Å². The van der Waals surface area contributed by atoms with Crippen LogP contribution < -0.4 is 5.32 Å². The van der Waals surface area contributed by atoms with Crippen LogP contribution >= 0.6 is 11.6 Å². The molecule has 2 rings (SSSR count). The highest BCUT2D eigenvalue weighted by atomic mass is 35.5. The van der Waals surface area contributed by atoms with Crippen LogP contribution in [0.2, 0.25) is 0 Å². The van der Waals surface area contributed by atoms with Gasteiger partial charge in [-0.15, -0.1) is 11.6 Å². The Hall–Kier alpha value is -1.18. The third-order valence-electron chi connectivity index (χ3n) is 3.73. The lowest BCUT2D eigenvalue weighted by Gasteiger charge is -2.31. The molecule has 0 saturated carbocycles. The lowest BCUT2D eigenvalue weighted by Crippen LogP contribution is -2.41. The van der Waals surface area contributed by atoms with Gasteiger partial charge in [-0.05, 0) is 43.0 Å². The number of nitrogens with zero attached hydrogens (tertiary/aromatic N) is 1. The van der Waals surface area contributed by atoms with E-state index in [1.807, 2.05) is 0 Å². The largest absolute Gasteiger partial charge is 0.355 e. The molecule has 1 aliphatic heterocycles. The lowest BCUT2D eigenvalue weighted by molar-refractivity contribution is -0.118. The Balaban J connectivity index is 1.93. The van der Waals surface area contributed by atoms with Gasteiger partial charge in [-0.1, -0.05) is 0 Å². The van der Waals surface area contributed by atoms with E-state index in [-0.39, 0.29) is 22.6 Å². The normalized spacial score (nSPS) is 17.4. The molecule has 0 radical (unpaired) electrons. The summed E-state index contributed by atoms with van der Waals surface area (Å²) in [6, 6.07) is 4.83. The number of nitrogens with one attached hydrogen (secondary N) is 1. The molecule has 0 atom stereocenters. The fraction of sp³-hybridized carbons (Fsp3) is 0.500. The van der Waals surface area contributed by atoms with E-state index < -0.39 is 15.8 Å². The van der Waals surface area contributed by atoms with Crippen LogP contribution in [0.15, 0.2) is 29.2 Å². The quantitative estimate of drug-likeness (QED) is 0.822. The second-order valence-corrected chi connectivity index (χ2v) is 7.44. The van der Waals surface area contributed by atoms with Crippen LogP contribution in [-0.4, -0.2) is 44.1 Å². The maximum atomic E-state index is 12.9. The fourth-order valence-corrected chi connectivity index (χ4v) is 3.98. The van der Waals surface area contributed by atoms with Gasteiger partial charge in [0, 0.05) is 19.6 Å². The number of carbonyl (C=O) groups excluding carboxylic acids is 1. The number of alkyl halides is 1. The smallest absolute Gasteiger partial charge is 0.243 e. The summed E-state index contributed by atoms with van der Waals surface area (Å²) in [5.41, 5.74) is 0. The molecular weight excluding hydrogens is 331 g/mol. The average Bonchev–Trinajstić information content (AvgIpc) is 2.53. The zero-order valence-electron chi connectivity index (χ0n) is 12.0. The molecule has 0 aromatic heterocycles. The minimum atomic E-state index is -3.58. The maximum Gasteiger partial charge on any atom is 0.243 e. The molecule has 5 nitrogen and oxygen atoms in total. The number of benzene rings is 1. The van der Waals surface area contributed by atoms with Crippen molar-refractivity contribution in [1.29, 1.82) is 0 Å². The van der Waals surface area contributed by atoms with E-state index in [9.17, 15) is 17.6 Å². The van der Waals surface area contributed by atoms with Crippen molar-refractivity contribution in [3.05, 3.63) is 30.1 Å². The Morgan fingerprint density at radius 3 is 2.41 bits per heavy atom. The first-order chi connectivity index (χ1) is 10.4. The van der Waals surface area contributed by atoms with Gasteiger partial charge in [0.1, 0.15) is 11.7 Å². The monoisotopic (exact) mass is 348 g/mol. The van der Waals surface area contributed by atoms with E-state index in [0.29, 0.717) is 32.5 Å². The Morgan fingerprint density at radius 1 is 1.27 bits per heavy atom. The molecule has 22 heavy (non-hydrogen) atoms. The molecular formula is C14H18ClFN2O3S. The fourth-order valence-electron chi connectivity index (χ4n) is 2.41. The summed E-state index contributed by atoms with van der Waals surface area (Å²) in [5, 5.41) is 2.71. The summed E-state index contributed by atoms with van der Waals surface area (Å²) in [7, 11) is -3.58. The maximum absolute atomic E-state index is 12.9. The van der Waals surface area contributed by atoms with Crippen molar-refractivity contribution in [2.45, 2.75) is 17.7 Å². The van der Waals surface area contributed by atoms with Crippen molar-refractivity contribution in [1.82, 2.24) is 9.62 Å². The van der Waals surface area contributed by atoms with Crippen molar-refractivity contribution in [2.75, 3.05) is 25.5 Å². The third-order valence-corrected chi connectivity index (χ3v) is 5.89. The molecule has 1 aliphatic rings. The molecule has 1 fully saturated rings. The van der Waals surface area contributed by atoms with Gasteiger partial charge in [-0.2, -0.15) is 4.31 Å². The van der Waals surface area contributed by atoms with E-state index >= 15 is 0 Å². The second-order valence-electron chi connectivity index (χ2n) is 5.24. The van der Waals surface area contributed by atoms with Gasteiger partial charge in [0.05, 0.1) is 4.90 Å². The van der Waals surface area contributed by atoms with Gasteiger partial charge in [0.15, 0.2) is 0 Å². The molecule has 0 spiro atoms. The first-order valence-corrected chi connectivity index (χ1v) is 8.99. The zero-order chi connectivity index (χ0) is 16.2. The lowest BCUT2D eigenvalue weighted by atomic mass is 9.98. The molecule has 0 bridgehead atoms. The SMILES string of the molecule is O=C(CCl)NCC1CCN(S(=O)(=O)c2ccc(F)cc2)CC1. The van der Waals surface area contributed by atoms with Gasteiger partial charge in [0.2, 0.25) is 15.9 Å². The first kappa shape index (κ1) is 17.2. The number of halogens is 2. The Labute approximate surface area is 134 Å². The summed E-state index contributed by atoms with van der Waals surface area (Å²) in [4.78, 5) is 11.2. The molecule has 0 unspecified atom stereocenters. The zero-order valence-corrected chi connectivity index (χ0v) is 13.5. The van der Waals surface area contributed by atoms with Crippen LogP contribution in [0.1, 0.15) is 12.8 Å². The average molecular weight is 349 g/mol. The molecule has 1 heterocycles. The molecule has 1 aromatic carbocycles. The summed E-state index contributed by atoms with van der Waals surface area (Å²) < 4.78 is 39.2. The third kappa shape index (κ3) is 4.18. The molecule has 1 amide bonds. The van der Waals surface area contributed by atoms with E-state index in [4.69, 9.17) is 11.6 Å². The van der Waals surface area contributed by atoms with Crippen molar-refractivity contribution >= 4 is 27.5 Å². The molecule has 1 N–H and O–H groups in total. The first-order valence-electron chi connectivity index (χ1n) is 7.02. The van der Waals surface area contributed by atoms with Crippen molar-refractivity contribution in [3.8, 4) is 0 Å². The molecule has 8 heteroatoms. The number of piperidine rings is 1. The number of hydrogen-bond acceptors (Lipinski definition) is 3. The highest BCUT2D eigenvalue weighted by Gasteiger charge is 2.29. The second kappa shape index (κ2) is 7.39.